The number of carbonyl (C=O) groups excluding carboxylic acids is 1. The van der Waals surface area contributed by atoms with Crippen LogP contribution in [0.25, 0.3) is 10.8 Å². The van der Waals surface area contributed by atoms with Crippen LogP contribution in [0.4, 0.5) is 0 Å². The quantitative estimate of drug-likeness (QED) is 0.779. The number of hydrogen-bond acceptors (Lipinski definition) is 3. The fourth-order valence-corrected chi connectivity index (χ4v) is 1.88. The standard InChI is InChI=1S/C15H16O3/c1-10(18-11(2)16)12-4-5-14-9-15(17-3)7-6-13(14)8-12/h4-10H,1-3H3/t10-/m1/s1/i3D3. The van der Waals surface area contributed by atoms with Crippen LogP contribution < -0.4 is 4.74 Å². The zero-order valence-corrected chi connectivity index (χ0v) is 10.3. The largest absolute Gasteiger partial charge is 0.497 e. The second-order valence-electron chi connectivity index (χ2n) is 4.12. The highest BCUT2D eigenvalue weighted by molar-refractivity contribution is 5.84. The van der Waals surface area contributed by atoms with E-state index >= 15 is 0 Å². The van der Waals surface area contributed by atoms with Crippen LogP contribution in [0.1, 0.15) is 29.6 Å². The van der Waals surface area contributed by atoms with Crippen LogP contribution in [0.5, 0.6) is 5.75 Å². The molecule has 0 radical (unpaired) electrons. The van der Waals surface area contributed by atoms with Gasteiger partial charge in [0.2, 0.25) is 0 Å². The molecule has 0 N–H and O–H groups in total. The molecule has 2 rings (SSSR count). The number of hydrogen-bond donors (Lipinski definition) is 0. The third kappa shape index (κ3) is 2.62. The van der Waals surface area contributed by atoms with Crippen molar-refractivity contribution in [3.63, 3.8) is 0 Å². The summed E-state index contributed by atoms with van der Waals surface area (Å²) in [5.74, 6) is -0.0349. The van der Waals surface area contributed by atoms with Crippen LogP contribution in [-0.4, -0.2) is 13.0 Å². The van der Waals surface area contributed by atoms with E-state index in [2.05, 4.69) is 0 Å². The predicted octanol–water partition coefficient (Wildman–Crippen LogP) is 3.47. The minimum Gasteiger partial charge on any atom is -0.497 e. The first-order valence-corrected chi connectivity index (χ1v) is 5.64. The SMILES string of the molecule is [2H]C([2H])([2H])Oc1ccc2cc([C@@H](C)OC(C)=O)ccc2c1. The van der Waals surface area contributed by atoms with Gasteiger partial charge in [0.15, 0.2) is 0 Å². The number of rotatable bonds is 3. The predicted molar refractivity (Wildman–Crippen MR) is 70.7 cm³/mol. The van der Waals surface area contributed by atoms with Crippen LogP contribution in [0.15, 0.2) is 36.4 Å². The van der Waals surface area contributed by atoms with E-state index in [9.17, 15) is 4.79 Å². The lowest BCUT2D eigenvalue weighted by Crippen LogP contribution is -2.04. The minimum atomic E-state index is -2.46. The number of fused-ring (bicyclic) bond motifs is 1. The molecule has 18 heavy (non-hydrogen) atoms. The summed E-state index contributed by atoms with van der Waals surface area (Å²) in [4.78, 5) is 11.0. The van der Waals surface area contributed by atoms with Crippen LogP contribution in [0.2, 0.25) is 0 Å². The highest BCUT2D eigenvalue weighted by Gasteiger charge is 2.09. The molecule has 0 bridgehead atoms. The molecule has 0 fully saturated rings. The fraction of sp³-hybridized carbons (Fsp3) is 0.267. The summed E-state index contributed by atoms with van der Waals surface area (Å²) in [6.07, 6.45) is -0.329. The lowest BCUT2D eigenvalue weighted by atomic mass is 10.0. The first kappa shape index (κ1) is 8.97. The number of benzene rings is 2. The van der Waals surface area contributed by atoms with E-state index in [1.54, 1.807) is 25.1 Å². The Morgan fingerprint density at radius 2 is 1.94 bits per heavy atom. The molecule has 1 atom stereocenters. The summed E-state index contributed by atoms with van der Waals surface area (Å²) in [5, 5.41) is 1.78. The molecule has 3 nitrogen and oxygen atoms in total. The molecule has 0 heterocycles. The van der Waals surface area contributed by atoms with E-state index in [0.29, 0.717) is 5.75 Å². The average Bonchev–Trinajstić information content (AvgIpc) is 2.35. The topological polar surface area (TPSA) is 35.5 Å². The monoisotopic (exact) mass is 247 g/mol. The van der Waals surface area contributed by atoms with Crippen molar-refractivity contribution < 1.29 is 18.4 Å². The van der Waals surface area contributed by atoms with E-state index in [0.717, 1.165) is 16.3 Å². The zero-order chi connectivity index (χ0) is 15.6. The molecular weight excluding hydrogens is 228 g/mol. The highest BCUT2D eigenvalue weighted by atomic mass is 16.5. The highest BCUT2D eigenvalue weighted by Crippen LogP contribution is 2.25. The Morgan fingerprint density at radius 3 is 2.67 bits per heavy atom. The third-order valence-electron chi connectivity index (χ3n) is 2.77. The van der Waals surface area contributed by atoms with Crippen LogP contribution in [0, 0.1) is 0 Å². The molecule has 0 aromatic heterocycles. The van der Waals surface area contributed by atoms with Crippen molar-refractivity contribution in [2.45, 2.75) is 20.0 Å². The molecule has 2 aromatic carbocycles. The number of ether oxygens (including phenoxy) is 2. The van der Waals surface area contributed by atoms with Crippen molar-refractivity contribution in [3.05, 3.63) is 42.0 Å². The van der Waals surface area contributed by atoms with Gasteiger partial charge in [0.1, 0.15) is 11.9 Å². The molecular formula is C15H16O3. The van der Waals surface area contributed by atoms with Crippen molar-refractivity contribution in [2.24, 2.45) is 0 Å². The lowest BCUT2D eigenvalue weighted by molar-refractivity contribution is -0.145. The average molecular weight is 247 g/mol. The van der Waals surface area contributed by atoms with Crippen molar-refractivity contribution >= 4 is 16.7 Å². The Hall–Kier alpha value is -2.03. The summed E-state index contributed by atoms with van der Waals surface area (Å²) < 4.78 is 31.3. The molecule has 94 valence electrons. The molecule has 0 saturated heterocycles. The maximum absolute atomic E-state index is 11.0. The summed E-state index contributed by atoms with van der Waals surface area (Å²) in [6.45, 7) is 3.17. The zero-order valence-electron chi connectivity index (χ0n) is 13.3. The van der Waals surface area contributed by atoms with Gasteiger partial charge in [-0.05, 0) is 41.5 Å². The summed E-state index contributed by atoms with van der Waals surface area (Å²) in [7, 11) is -2.46. The van der Waals surface area contributed by atoms with Crippen molar-refractivity contribution in [1.82, 2.24) is 0 Å². The Balaban J connectivity index is 2.29. The maximum atomic E-state index is 11.0. The first-order chi connectivity index (χ1) is 9.74. The van der Waals surface area contributed by atoms with E-state index in [4.69, 9.17) is 13.6 Å². The van der Waals surface area contributed by atoms with Gasteiger partial charge in [-0.15, -0.1) is 0 Å². The molecule has 0 unspecified atom stereocenters. The van der Waals surface area contributed by atoms with Gasteiger partial charge in [0.05, 0.1) is 11.2 Å². The summed E-state index contributed by atoms with van der Waals surface area (Å²) in [6, 6.07) is 10.6. The molecule has 0 spiro atoms. The molecule has 0 aliphatic heterocycles. The van der Waals surface area contributed by atoms with Gasteiger partial charge >= 0.3 is 5.97 Å². The van der Waals surface area contributed by atoms with Gasteiger partial charge in [-0.3, -0.25) is 4.79 Å². The van der Waals surface area contributed by atoms with Gasteiger partial charge in [-0.1, -0.05) is 18.2 Å². The Labute approximate surface area is 111 Å². The first-order valence-electron chi connectivity index (χ1n) is 7.14. The molecule has 3 heteroatoms. The van der Waals surface area contributed by atoms with E-state index < -0.39 is 7.04 Å². The number of methoxy groups -OCH3 is 1. The van der Waals surface area contributed by atoms with E-state index in [1.807, 2.05) is 18.2 Å². The third-order valence-corrected chi connectivity index (χ3v) is 2.77. The van der Waals surface area contributed by atoms with Crippen LogP contribution in [-0.2, 0) is 9.53 Å². The minimum absolute atomic E-state index is 0.295. The van der Waals surface area contributed by atoms with Gasteiger partial charge in [0, 0.05) is 6.92 Å². The van der Waals surface area contributed by atoms with Crippen molar-refractivity contribution in [3.8, 4) is 5.75 Å². The molecule has 0 aliphatic rings. The maximum Gasteiger partial charge on any atom is 0.303 e. The second kappa shape index (κ2) is 5.08. The normalized spacial score (nSPS) is 15.3. The van der Waals surface area contributed by atoms with Gasteiger partial charge < -0.3 is 9.47 Å². The number of carbonyl (C=O) groups is 1. The van der Waals surface area contributed by atoms with Gasteiger partial charge in [0.25, 0.3) is 0 Å². The van der Waals surface area contributed by atoms with Crippen molar-refractivity contribution in [2.75, 3.05) is 7.04 Å². The van der Waals surface area contributed by atoms with Crippen LogP contribution in [0.3, 0.4) is 0 Å². The molecule has 0 aliphatic carbocycles. The summed E-state index contributed by atoms with van der Waals surface area (Å²) in [5.41, 5.74) is 0.877. The summed E-state index contributed by atoms with van der Waals surface area (Å²) >= 11 is 0. The van der Waals surface area contributed by atoms with Crippen molar-refractivity contribution in [1.29, 1.82) is 0 Å². The van der Waals surface area contributed by atoms with E-state index in [-0.39, 0.29) is 12.1 Å². The fourth-order valence-electron chi connectivity index (χ4n) is 1.88. The Morgan fingerprint density at radius 1 is 1.22 bits per heavy atom. The van der Waals surface area contributed by atoms with Gasteiger partial charge in [-0.2, -0.15) is 0 Å². The number of esters is 1. The Bertz CT molecular complexity index is 665. The lowest BCUT2D eigenvalue weighted by Gasteiger charge is -2.13. The Kier molecular flexibility index (Phi) is 2.54. The van der Waals surface area contributed by atoms with Crippen LogP contribution >= 0.6 is 0 Å². The molecule has 2 aromatic rings. The second-order valence-corrected chi connectivity index (χ2v) is 4.12. The molecule has 0 amide bonds. The van der Waals surface area contributed by atoms with E-state index in [1.165, 1.54) is 6.92 Å². The van der Waals surface area contributed by atoms with Gasteiger partial charge in [-0.25, -0.2) is 0 Å². The smallest absolute Gasteiger partial charge is 0.303 e. The molecule has 0 saturated carbocycles.